The van der Waals surface area contributed by atoms with Crippen molar-refractivity contribution in [2.75, 3.05) is 18.2 Å². The van der Waals surface area contributed by atoms with Crippen LogP contribution in [0.15, 0.2) is 59.1 Å². The van der Waals surface area contributed by atoms with Crippen LogP contribution in [0.4, 0.5) is 9.39 Å². The number of amides is 1. The normalized spacial score (nSPS) is 11.7. The number of nitrogens with one attached hydrogen (secondary N) is 1. The number of methoxy groups -OCH3 is 1. The molecule has 0 bridgehead atoms. The molecule has 1 unspecified atom stereocenters. The van der Waals surface area contributed by atoms with E-state index in [2.05, 4.69) is 15.5 Å². The summed E-state index contributed by atoms with van der Waals surface area (Å²) in [5, 5.41) is 14.3. The molecule has 1 amide bonds. The second-order valence-electron chi connectivity index (χ2n) is 7.81. The number of anilines is 1. The second kappa shape index (κ2) is 11.8. The third-order valence-corrected chi connectivity index (χ3v) is 7.41. The van der Waals surface area contributed by atoms with Gasteiger partial charge in [-0.05, 0) is 42.8 Å². The van der Waals surface area contributed by atoms with Gasteiger partial charge in [-0.15, -0.1) is 21.5 Å². The number of carbonyl (C=O) groups is 2. The van der Waals surface area contributed by atoms with E-state index in [1.807, 2.05) is 6.92 Å². The largest absolute Gasteiger partial charge is 0.483 e. The Morgan fingerprint density at radius 1 is 1.22 bits per heavy atom. The fourth-order valence-electron chi connectivity index (χ4n) is 3.49. The summed E-state index contributed by atoms with van der Waals surface area (Å²) < 4.78 is 25.9. The molecule has 0 radical (unpaired) electrons. The number of aromatic nitrogens is 3. The summed E-state index contributed by atoms with van der Waals surface area (Å²) in [6, 6.07) is 12.8. The molecular weight excluding hydrogens is 539 g/mol. The number of carbonyl (C=O) groups excluding carboxylic acids is 2. The lowest BCUT2D eigenvalue weighted by molar-refractivity contribution is -0.113. The summed E-state index contributed by atoms with van der Waals surface area (Å²) in [5.41, 5.74) is 1.39. The number of nitrogens with zero attached hydrogens (tertiary/aromatic N) is 3. The summed E-state index contributed by atoms with van der Waals surface area (Å²) in [6.07, 6.45) is -0.405. The lowest BCUT2D eigenvalue weighted by Crippen LogP contribution is -2.16. The fourth-order valence-corrected chi connectivity index (χ4v) is 5.36. The van der Waals surface area contributed by atoms with Crippen molar-refractivity contribution < 1.29 is 23.5 Å². The van der Waals surface area contributed by atoms with Gasteiger partial charge in [0.2, 0.25) is 5.91 Å². The van der Waals surface area contributed by atoms with E-state index in [0.717, 1.165) is 0 Å². The van der Waals surface area contributed by atoms with Gasteiger partial charge < -0.3 is 19.4 Å². The zero-order chi connectivity index (χ0) is 26.5. The van der Waals surface area contributed by atoms with Crippen LogP contribution in [0.2, 0.25) is 5.02 Å². The van der Waals surface area contributed by atoms with Crippen LogP contribution in [0, 0.1) is 5.82 Å². The Balaban J connectivity index is 1.43. The highest BCUT2D eigenvalue weighted by molar-refractivity contribution is 7.99. The molecule has 4 rings (SSSR count). The Hall–Kier alpha value is -3.41. The van der Waals surface area contributed by atoms with Crippen molar-refractivity contribution in [3.63, 3.8) is 0 Å². The molecule has 192 valence electrons. The van der Waals surface area contributed by atoms with Crippen molar-refractivity contribution in [2.24, 2.45) is 7.05 Å². The molecule has 0 spiro atoms. The van der Waals surface area contributed by atoms with Crippen LogP contribution in [-0.2, 0) is 16.6 Å². The first-order chi connectivity index (χ1) is 17.8. The Labute approximate surface area is 225 Å². The zero-order valence-corrected chi connectivity index (χ0v) is 22.4. The maximum Gasteiger partial charge on any atom is 0.341 e. The van der Waals surface area contributed by atoms with Gasteiger partial charge in [0.15, 0.2) is 17.1 Å². The summed E-state index contributed by atoms with van der Waals surface area (Å²) >= 11 is 8.40. The minimum atomic E-state index is -0.602. The number of hydrogen-bond acceptors (Lipinski definition) is 8. The van der Waals surface area contributed by atoms with E-state index in [4.69, 9.17) is 21.1 Å². The Kier molecular flexibility index (Phi) is 8.47. The van der Waals surface area contributed by atoms with Gasteiger partial charge in [0.05, 0.1) is 12.9 Å². The standard InChI is InChI=1S/C25H22ClFN4O4S2/c1-14(35-18-6-4-5-16(26)11-18)22-29-30-25(31(22)2)37-13-20(32)28-23-21(24(33)34-3)19(12-36-23)15-7-9-17(27)10-8-15/h4-12,14H,13H2,1-3H3,(H,28,32). The molecule has 0 aliphatic heterocycles. The van der Waals surface area contributed by atoms with Crippen LogP contribution in [-0.4, -0.2) is 39.5 Å². The molecule has 2 aromatic carbocycles. The average Bonchev–Trinajstić information content (AvgIpc) is 3.46. The molecule has 0 saturated heterocycles. The molecule has 2 heterocycles. The summed E-state index contributed by atoms with van der Waals surface area (Å²) in [6.45, 7) is 1.84. The van der Waals surface area contributed by atoms with E-state index < -0.39 is 12.1 Å². The van der Waals surface area contributed by atoms with E-state index >= 15 is 0 Å². The topological polar surface area (TPSA) is 95.3 Å². The maximum atomic E-state index is 13.3. The zero-order valence-electron chi connectivity index (χ0n) is 20.0. The highest BCUT2D eigenvalue weighted by Crippen LogP contribution is 2.36. The van der Waals surface area contributed by atoms with Crippen LogP contribution in [0.25, 0.3) is 11.1 Å². The Bertz CT molecular complexity index is 1420. The Morgan fingerprint density at radius 3 is 2.68 bits per heavy atom. The molecule has 2 aromatic heterocycles. The third-order valence-electron chi connectivity index (χ3n) is 5.26. The average molecular weight is 561 g/mol. The number of ether oxygens (including phenoxy) is 2. The molecule has 4 aromatic rings. The lowest BCUT2D eigenvalue weighted by atomic mass is 10.0. The molecule has 0 saturated carbocycles. The number of benzene rings is 2. The van der Waals surface area contributed by atoms with Gasteiger partial charge >= 0.3 is 5.97 Å². The molecule has 12 heteroatoms. The third kappa shape index (κ3) is 6.30. The molecule has 8 nitrogen and oxygen atoms in total. The van der Waals surface area contributed by atoms with Crippen molar-refractivity contribution >= 4 is 51.6 Å². The molecule has 0 aliphatic rings. The van der Waals surface area contributed by atoms with Crippen molar-refractivity contribution in [3.8, 4) is 16.9 Å². The van der Waals surface area contributed by atoms with Gasteiger partial charge in [-0.25, -0.2) is 9.18 Å². The van der Waals surface area contributed by atoms with Gasteiger partial charge in [-0.1, -0.05) is 41.6 Å². The number of halogens is 2. The molecule has 0 fully saturated rings. The number of hydrogen-bond donors (Lipinski definition) is 1. The minimum Gasteiger partial charge on any atom is -0.483 e. The van der Waals surface area contributed by atoms with Crippen molar-refractivity contribution in [2.45, 2.75) is 18.2 Å². The number of esters is 1. The molecule has 1 atom stereocenters. The number of rotatable bonds is 9. The van der Waals surface area contributed by atoms with Crippen molar-refractivity contribution in [1.29, 1.82) is 0 Å². The maximum absolute atomic E-state index is 13.3. The number of thiophene rings is 1. The molecule has 0 aliphatic carbocycles. The van der Waals surface area contributed by atoms with Crippen LogP contribution < -0.4 is 10.1 Å². The van der Waals surface area contributed by atoms with E-state index in [1.54, 1.807) is 53.4 Å². The smallest absolute Gasteiger partial charge is 0.341 e. The molecule has 37 heavy (non-hydrogen) atoms. The van der Waals surface area contributed by atoms with Gasteiger partial charge in [0.1, 0.15) is 22.1 Å². The quantitative estimate of drug-likeness (QED) is 0.198. The van der Waals surface area contributed by atoms with Gasteiger partial charge in [0.25, 0.3) is 0 Å². The number of thioether (sulfide) groups is 1. The van der Waals surface area contributed by atoms with E-state index in [9.17, 15) is 14.0 Å². The summed E-state index contributed by atoms with van der Waals surface area (Å²) in [5.74, 6) is -0.112. The monoisotopic (exact) mass is 560 g/mol. The first kappa shape index (κ1) is 26.6. The first-order valence-electron chi connectivity index (χ1n) is 11.0. The molecular formula is C25H22ClFN4O4S2. The molecule has 1 N–H and O–H groups in total. The van der Waals surface area contributed by atoms with Crippen molar-refractivity contribution in [1.82, 2.24) is 14.8 Å². The van der Waals surface area contributed by atoms with Crippen LogP contribution in [0.1, 0.15) is 29.2 Å². The summed E-state index contributed by atoms with van der Waals surface area (Å²) in [4.78, 5) is 25.2. The predicted molar refractivity (Wildman–Crippen MR) is 142 cm³/mol. The second-order valence-corrected chi connectivity index (χ2v) is 10.1. The highest BCUT2D eigenvalue weighted by atomic mass is 35.5. The van der Waals surface area contributed by atoms with Crippen LogP contribution in [0.3, 0.4) is 0 Å². The highest BCUT2D eigenvalue weighted by Gasteiger charge is 2.23. The fraction of sp³-hybridized carbons (Fsp3) is 0.200. The lowest BCUT2D eigenvalue weighted by Gasteiger charge is -2.14. The predicted octanol–water partition coefficient (Wildman–Crippen LogP) is 5.99. The van der Waals surface area contributed by atoms with Crippen molar-refractivity contribution in [3.05, 3.63) is 76.1 Å². The SMILES string of the molecule is COC(=O)c1c(-c2ccc(F)cc2)csc1NC(=O)CSc1nnc(C(C)Oc2cccc(Cl)c2)n1C. The minimum absolute atomic E-state index is 0.0277. The van der Waals surface area contributed by atoms with E-state index in [-0.39, 0.29) is 23.0 Å². The van der Waals surface area contributed by atoms with E-state index in [1.165, 1.54) is 42.3 Å². The Morgan fingerprint density at radius 2 is 1.97 bits per heavy atom. The van der Waals surface area contributed by atoms with Crippen LogP contribution in [0.5, 0.6) is 5.75 Å². The van der Waals surface area contributed by atoms with Gasteiger partial charge in [-0.2, -0.15) is 0 Å². The van der Waals surface area contributed by atoms with E-state index in [0.29, 0.717) is 37.9 Å². The first-order valence-corrected chi connectivity index (χ1v) is 13.2. The van der Waals surface area contributed by atoms with Gasteiger partial charge in [-0.3, -0.25) is 4.79 Å². The van der Waals surface area contributed by atoms with Gasteiger partial charge in [0, 0.05) is 23.0 Å². The van der Waals surface area contributed by atoms with Crippen LogP contribution >= 0.6 is 34.7 Å². The summed E-state index contributed by atoms with van der Waals surface area (Å²) in [7, 11) is 3.05.